The van der Waals surface area contributed by atoms with Crippen LogP contribution in [-0.2, 0) is 9.84 Å². The van der Waals surface area contributed by atoms with Gasteiger partial charge in [-0.2, -0.15) is 0 Å². The summed E-state index contributed by atoms with van der Waals surface area (Å²) in [5.74, 6) is 0.0517. The molecule has 2 atom stereocenters. The van der Waals surface area contributed by atoms with E-state index in [0.29, 0.717) is 24.2 Å². The highest BCUT2D eigenvalue weighted by Crippen LogP contribution is 2.27. The van der Waals surface area contributed by atoms with Crippen LogP contribution in [0.1, 0.15) is 20.7 Å². The summed E-state index contributed by atoms with van der Waals surface area (Å²) in [4.78, 5) is 29.3. The fraction of sp³-hybridized carbons (Fsp3) is 0.364. The molecule has 152 valence electrons. The van der Waals surface area contributed by atoms with E-state index in [-0.39, 0.29) is 48.2 Å². The molecule has 0 N–H and O–H groups in total. The van der Waals surface area contributed by atoms with Gasteiger partial charge in [0.25, 0.3) is 0 Å². The number of ketones is 2. The molecule has 2 aromatic rings. The number of hydrogen-bond acceptors (Lipinski definition) is 6. The Kier molecular flexibility index (Phi) is 5.63. The van der Waals surface area contributed by atoms with Crippen LogP contribution in [0.15, 0.2) is 60.7 Å². The highest BCUT2D eigenvalue weighted by atomic mass is 32.2. The summed E-state index contributed by atoms with van der Waals surface area (Å²) in [5.41, 5.74) is 1.26. The standard InChI is InChI=1S/C22H24N2O4S/c25-21(17-7-3-1-4-8-17)13-23-11-12-24(20-16-29(27,28)15-19(20)23)14-22(26)18-9-5-2-6-10-18/h1-10,19-20H,11-16H2/t19-,20+. The highest BCUT2D eigenvalue weighted by Gasteiger charge is 2.47. The Morgan fingerprint density at radius 3 is 1.48 bits per heavy atom. The molecule has 6 nitrogen and oxygen atoms in total. The van der Waals surface area contributed by atoms with Gasteiger partial charge in [-0.05, 0) is 0 Å². The molecular weight excluding hydrogens is 388 g/mol. The van der Waals surface area contributed by atoms with Gasteiger partial charge in [-0.25, -0.2) is 8.42 Å². The van der Waals surface area contributed by atoms with Crippen LogP contribution in [0.25, 0.3) is 0 Å². The van der Waals surface area contributed by atoms with E-state index >= 15 is 0 Å². The molecular formula is C22H24N2O4S. The zero-order valence-electron chi connectivity index (χ0n) is 16.1. The number of piperazine rings is 1. The summed E-state index contributed by atoms with van der Waals surface area (Å²) < 4.78 is 24.8. The molecule has 0 aliphatic carbocycles. The average molecular weight is 413 g/mol. The Balaban J connectivity index is 1.49. The predicted octanol–water partition coefficient (Wildman–Crippen LogP) is 1.54. The first-order chi connectivity index (χ1) is 13.9. The van der Waals surface area contributed by atoms with Gasteiger partial charge in [0.1, 0.15) is 0 Å². The van der Waals surface area contributed by atoms with E-state index in [9.17, 15) is 18.0 Å². The van der Waals surface area contributed by atoms with Crippen molar-refractivity contribution in [1.82, 2.24) is 9.80 Å². The van der Waals surface area contributed by atoms with Gasteiger partial charge in [-0.1, -0.05) is 60.7 Å². The number of nitrogens with zero attached hydrogens (tertiary/aromatic N) is 2. The molecule has 2 aromatic carbocycles. The van der Waals surface area contributed by atoms with Gasteiger partial charge in [-0.15, -0.1) is 0 Å². The van der Waals surface area contributed by atoms with Crippen molar-refractivity contribution >= 4 is 21.4 Å². The summed E-state index contributed by atoms with van der Waals surface area (Å²) in [6.45, 7) is 1.52. The third-order valence-electron chi connectivity index (χ3n) is 5.79. The van der Waals surface area contributed by atoms with E-state index in [4.69, 9.17) is 0 Å². The van der Waals surface area contributed by atoms with Crippen molar-refractivity contribution in [3.8, 4) is 0 Å². The van der Waals surface area contributed by atoms with Crippen LogP contribution < -0.4 is 0 Å². The minimum Gasteiger partial charge on any atom is -0.293 e. The maximum Gasteiger partial charge on any atom is 0.176 e. The van der Waals surface area contributed by atoms with Gasteiger partial charge in [0, 0.05) is 36.3 Å². The number of carbonyl (C=O) groups is 2. The molecule has 0 bridgehead atoms. The summed E-state index contributed by atoms with van der Waals surface area (Å²) in [5, 5.41) is 0. The summed E-state index contributed by atoms with van der Waals surface area (Å²) >= 11 is 0. The van der Waals surface area contributed by atoms with E-state index < -0.39 is 9.84 Å². The van der Waals surface area contributed by atoms with Crippen LogP contribution in [0.5, 0.6) is 0 Å². The molecule has 0 unspecified atom stereocenters. The molecule has 0 amide bonds. The number of Topliss-reactive ketones (excluding diaryl/α,β-unsaturated/α-hetero) is 2. The molecule has 4 rings (SSSR count). The first-order valence-corrected chi connectivity index (χ1v) is 11.6. The molecule has 2 saturated heterocycles. The molecule has 0 spiro atoms. The van der Waals surface area contributed by atoms with Crippen LogP contribution in [0.4, 0.5) is 0 Å². The van der Waals surface area contributed by atoms with E-state index in [2.05, 4.69) is 0 Å². The Morgan fingerprint density at radius 1 is 0.724 bits per heavy atom. The molecule has 0 saturated carbocycles. The van der Waals surface area contributed by atoms with Crippen LogP contribution in [-0.4, -0.2) is 79.6 Å². The lowest BCUT2D eigenvalue weighted by Crippen LogP contribution is -2.60. The van der Waals surface area contributed by atoms with Crippen molar-refractivity contribution in [3.63, 3.8) is 0 Å². The molecule has 2 fully saturated rings. The van der Waals surface area contributed by atoms with Crippen LogP contribution in [0.2, 0.25) is 0 Å². The summed E-state index contributed by atoms with van der Waals surface area (Å²) in [7, 11) is -3.20. The van der Waals surface area contributed by atoms with Crippen LogP contribution in [0, 0.1) is 0 Å². The third-order valence-corrected chi connectivity index (χ3v) is 7.49. The second kappa shape index (κ2) is 8.18. The predicted molar refractivity (Wildman–Crippen MR) is 111 cm³/mol. The Hall–Kier alpha value is -2.35. The van der Waals surface area contributed by atoms with Gasteiger partial charge in [0.15, 0.2) is 21.4 Å². The molecule has 0 radical (unpaired) electrons. The van der Waals surface area contributed by atoms with Crippen molar-refractivity contribution in [2.75, 3.05) is 37.7 Å². The van der Waals surface area contributed by atoms with E-state index in [0.717, 1.165) is 0 Å². The van der Waals surface area contributed by atoms with Gasteiger partial charge in [0.05, 0.1) is 24.6 Å². The Bertz CT molecular complexity index is 916. The number of hydrogen-bond donors (Lipinski definition) is 0. The zero-order chi connectivity index (χ0) is 20.4. The minimum absolute atomic E-state index is 0.0116. The highest BCUT2D eigenvalue weighted by molar-refractivity contribution is 7.91. The SMILES string of the molecule is O=C(CN1CCN(CC(=O)c2ccccc2)[C@H]2CS(=O)(=O)C[C@H]21)c1ccccc1. The summed E-state index contributed by atoms with van der Waals surface area (Å²) in [6, 6.07) is 17.6. The second-order valence-electron chi connectivity index (χ2n) is 7.73. The van der Waals surface area contributed by atoms with Gasteiger partial charge in [0.2, 0.25) is 0 Å². The largest absolute Gasteiger partial charge is 0.293 e. The number of sulfone groups is 1. The molecule has 0 aromatic heterocycles. The maximum absolute atomic E-state index is 12.6. The van der Waals surface area contributed by atoms with Gasteiger partial charge < -0.3 is 0 Å². The molecule has 2 aliphatic heterocycles. The van der Waals surface area contributed by atoms with Crippen molar-refractivity contribution < 1.29 is 18.0 Å². The fourth-order valence-corrected chi connectivity index (χ4v) is 6.33. The lowest BCUT2D eigenvalue weighted by molar-refractivity contribution is 0.0410. The van der Waals surface area contributed by atoms with Crippen molar-refractivity contribution in [3.05, 3.63) is 71.8 Å². The molecule has 7 heteroatoms. The lowest BCUT2D eigenvalue weighted by atomic mass is 10.0. The minimum atomic E-state index is -3.20. The Labute approximate surface area is 171 Å². The van der Waals surface area contributed by atoms with Gasteiger partial charge in [-0.3, -0.25) is 19.4 Å². The number of carbonyl (C=O) groups excluding carboxylic acids is 2. The monoisotopic (exact) mass is 412 g/mol. The lowest BCUT2D eigenvalue weighted by Gasteiger charge is -2.43. The van der Waals surface area contributed by atoms with E-state index in [1.807, 2.05) is 46.2 Å². The number of fused-ring (bicyclic) bond motifs is 1. The Morgan fingerprint density at radius 2 is 1.10 bits per heavy atom. The van der Waals surface area contributed by atoms with Crippen LogP contribution >= 0.6 is 0 Å². The fourth-order valence-electron chi connectivity index (χ4n) is 4.29. The summed E-state index contributed by atoms with van der Waals surface area (Å²) in [6.07, 6.45) is 0. The number of rotatable bonds is 6. The van der Waals surface area contributed by atoms with Crippen molar-refractivity contribution in [1.29, 1.82) is 0 Å². The molecule has 2 heterocycles. The zero-order valence-corrected chi connectivity index (χ0v) is 16.9. The van der Waals surface area contributed by atoms with E-state index in [1.54, 1.807) is 24.3 Å². The van der Waals surface area contributed by atoms with E-state index in [1.165, 1.54) is 0 Å². The maximum atomic E-state index is 12.6. The van der Waals surface area contributed by atoms with Crippen molar-refractivity contribution in [2.24, 2.45) is 0 Å². The first kappa shape index (κ1) is 19.9. The quantitative estimate of drug-likeness (QED) is 0.670. The average Bonchev–Trinajstić information content (AvgIpc) is 3.07. The second-order valence-corrected chi connectivity index (χ2v) is 9.88. The van der Waals surface area contributed by atoms with Crippen LogP contribution in [0.3, 0.4) is 0 Å². The molecule has 2 aliphatic rings. The normalized spacial score (nSPS) is 24.1. The van der Waals surface area contributed by atoms with Crippen molar-refractivity contribution in [2.45, 2.75) is 12.1 Å². The molecule has 29 heavy (non-hydrogen) atoms. The smallest absolute Gasteiger partial charge is 0.176 e. The first-order valence-electron chi connectivity index (χ1n) is 9.78. The number of benzene rings is 2. The van der Waals surface area contributed by atoms with Gasteiger partial charge >= 0.3 is 0 Å². The topological polar surface area (TPSA) is 74.8 Å². The third kappa shape index (κ3) is 4.47.